The van der Waals surface area contributed by atoms with E-state index >= 15 is 0 Å². The second kappa shape index (κ2) is 33.5. The van der Waals surface area contributed by atoms with Gasteiger partial charge in [0, 0.05) is 12.8 Å². The van der Waals surface area contributed by atoms with Gasteiger partial charge in [0.05, 0.1) is 0 Å². The number of hydrogen-bond donors (Lipinski definition) is 1. The standard InChI is InChI=1S/C35H71NO/c1-3-5-7-9-11-13-15-17-19-21-23-25-27-29-31-33-35(36-37)34-32-30-28-26-24-22-20-18-16-14-12-10-8-6-4-2/h36H,3-34H2,1-2H3. The first-order valence-corrected chi connectivity index (χ1v) is 17.6. The van der Waals surface area contributed by atoms with Crippen LogP contribution in [0.15, 0.2) is 0 Å². The lowest BCUT2D eigenvalue weighted by atomic mass is 10.0. The van der Waals surface area contributed by atoms with E-state index in [2.05, 4.69) is 19.0 Å². The summed E-state index contributed by atoms with van der Waals surface area (Å²) in [5, 5.41) is 13.6. The zero-order valence-electron chi connectivity index (χ0n) is 26.0. The average molecular weight is 522 g/mol. The van der Waals surface area contributed by atoms with Crippen LogP contribution in [-0.2, 0) is 0 Å². The molecule has 0 amide bonds. The highest BCUT2D eigenvalue weighted by molar-refractivity contribution is 5.78. The molecule has 0 aromatic carbocycles. The van der Waals surface area contributed by atoms with Crippen LogP contribution in [0.2, 0.25) is 0 Å². The molecule has 0 aliphatic heterocycles. The Kier molecular flexibility index (Phi) is 33.0. The van der Waals surface area contributed by atoms with Gasteiger partial charge in [0.2, 0.25) is 0 Å². The van der Waals surface area contributed by atoms with Crippen molar-refractivity contribution in [2.45, 2.75) is 219 Å². The highest BCUT2D eigenvalue weighted by Crippen LogP contribution is 2.16. The Morgan fingerprint density at radius 2 is 0.514 bits per heavy atom. The fourth-order valence-corrected chi connectivity index (χ4v) is 5.65. The highest BCUT2D eigenvalue weighted by atomic mass is 16.4. The summed E-state index contributed by atoms with van der Waals surface area (Å²) in [6.45, 7) is 4.59. The van der Waals surface area contributed by atoms with Crippen LogP contribution in [0.5, 0.6) is 0 Å². The number of hydrogen-bond acceptors (Lipinski definition) is 1. The van der Waals surface area contributed by atoms with E-state index < -0.39 is 0 Å². The molecule has 2 heteroatoms. The van der Waals surface area contributed by atoms with E-state index in [0.29, 0.717) is 0 Å². The molecule has 0 rings (SSSR count). The van der Waals surface area contributed by atoms with E-state index in [-0.39, 0.29) is 0 Å². The first-order chi connectivity index (χ1) is 18.3. The third-order valence-corrected chi connectivity index (χ3v) is 8.31. The fraction of sp³-hybridized carbons (Fsp3) is 0.971. The van der Waals surface area contributed by atoms with Crippen molar-refractivity contribution in [3.63, 3.8) is 0 Å². The number of nitrogens with one attached hydrogen (secondary N) is 1. The van der Waals surface area contributed by atoms with E-state index in [9.17, 15) is 5.21 Å². The molecule has 0 fully saturated rings. The van der Waals surface area contributed by atoms with Gasteiger partial charge in [0.1, 0.15) is 0 Å². The predicted octanol–water partition coefficient (Wildman–Crippen LogP) is 11.5. The Balaban J connectivity index is 3.27. The van der Waals surface area contributed by atoms with Crippen molar-refractivity contribution in [1.29, 1.82) is 0 Å². The van der Waals surface area contributed by atoms with Crippen LogP contribution in [-0.4, -0.2) is 5.71 Å². The maximum Gasteiger partial charge on any atom is 0.161 e. The minimum absolute atomic E-state index is 1.00. The molecule has 2 nitrogen and oxygen atoms in total. The van der Waals surface area contributed by atoms with Gasteiger partial charge in [0.15, 0.2) is 5.71 Å². The van der Waals surface area contributed by atoms with Gasteiger partial charge in [-0.1, -0.05) is 194 Å². The first kappa shape index (κ1) is 36.5. The van der Waals surface area contributed by atoms with Gasteiger partial charge in [-0.15, -0.1) is 0 Å². The topological polar surface area (TPSA) is 37.0 Å². The molecule has 0 aromatic heterocycles. The molecule has 0 unspecified atom stereocenters. The average Bonchev–Trinajstić information content (AvgIpc) is 2.91. The van der Waals surface area contributed by atoms with Crippen LogP contribution in [0.4, 0.5) is 0 Å². The van der Waals surface area contributed by atoms with Gasteiger partial charge in [-0.3, -0.25) is 0 Å². The molecule has 0 aliphatic rings. The van der Waals surface area contributed by atoms with E-state index in [0.717, 1.165) is 18.6 Å². The van der Waals surface area contributed by atoms with Gasteiger partial charge in [-0.2, -0.15) is 0 Å². The lowest BCUT2D eigenvalue weighted by Gasteiger charge is -2.05. The second-order valence-electron chi connectivity index (χ2n) is 12.1. The van der Waals surface area contributed by atoms with Crippen LogP contribution >= 0.6 is 0 Å². The van der Waals surface area contributed by atoms with Crippen molar-refractivity contribution < 1.29 is 5.16 Å². The molecule has 0 bridgehead atoms. The second-order valence-corrected chi connectivity index (χ2v) is 12.1. The summed E-state index contributed by atoms with van der Waals surface area (Å²) >= 11 is 0. The molecule has 0 heterocycles. The summed E-state index contributed by atoms with van der Waals surface area (Å²) in [5.41, 5.74) is 1.06. The van der Waals surface area contributed by atoms with Crippen molar-refractivity contribution in [1.82, 2.24) is 0 Å². The molecule has 0 saturated heterocycles. The summed E-state index contributed by atoms with van der Waals surface area (Å²) in [7, 11) is 0. The lowest BCUT2D eigenvalue weighted by molar-refractivity contribution is -0.376. The Labute approximate surface area is 235 Å². The lowest BCUT2D eigenvalue weighted by Crippen LogP contribution is -2.65. The third-order valence-electron chi connectivity index (χ3n) is 8.31. The summed E-state index contributed by atoms with van der Waals surface area (Å²) in [6.07, 6.45) is 44.0. The molecule has 0 atom stereocenters. The Hall–Kier alpha value is -0.530. The zero-order valence-corrected chi connectivity index (χ0v) is 26.0. The Bertz CT molecular complexity index is 397. The van der Waals surface area contributed by atoms with Gasteiger partial charge >= 0.3 is 0 Å². The van der Waals surface area contributed by atoms with Crippen molar-refractivity contribution >= 4 is 5.71 Å². The minimum atomic E-state index is 1.00. The molecule has 0 radical (unpaired) electrons. The summed E-state index contributed by atoms with van der Waals surface area (Å²) in [6, 6.07) is 0. The third kappa shape index (κ3) is 31.6. The van der Waals surface area contributed by atoms with Crippen molar-refractivity contribution in [2.24, 2.45) is 0 Å². The predicted molar refractivity (Wildman–Crippen MR) is 168 cm³/mol. The van der Waals surface area contributed by atoms with Crippen molar-refractivity contribution in [2.75, 3.05) is 0 Å². The Morgan fingerprint density at radius 1 is 0.324 bits per heavy atom. The van der Waals surface area contributed by atoms with Gasteiger partial charge in [-0.25, -0.2) is 5.16 Å². The van der Waals surface area contributed by atoms with Crippen LogP contribution in [0.25, 0.3) is 0 Å². The fourth-order valence-electron chi connectivity index (χ4n) is 5.65. The molecule has 1 N–H and O–H groups in total. The largest absolute Gasteiger partial charge is 0.625 e. The smallest absolute Gasteiger partial charge is 0.161 e. The highest BCUT2D eigenvalue weighted by Gasteiger charge is 2.04. The van der Waals surface area contributed by atoms with E-state index in [1.165, 1.54) is 193 Å². The monoisotopic (exact) mass is 522 g/mol. The van der Waals surface area contributed by atoms with Crippen LogP contribution in [0, 0.1) is 5.21 Å². The molecular weight excluding hydrogens is 450 g/mol. The summed E-state index contributed by atoms with van der Waals surface area (Å²) in [5.74, 6) is 0. The number of unbranched alkanes of at least 4 members (excludes halogenated alkanes) is 28. The van der Waals surface area contributed by atoms with Crippen molar-refractivity contribution in [3.8, 4) is 0 Å². The minimum Gasteiger partial charge on any atom is -0.625 e. The Morgan fingerprint density at radius 3 is 0.703 bits per heavy atom. The quantitative estimate of drug-likeness (QED) is 0.0406. The van der Waals surface area contributed by atoms with E-state index in [1.54, 1.807) is 0 Å². The van der Waals surface area contributed by atoms with Gasteiger partial charge in [0.25, 0.3) is 0 Å². The van der Waals surface area contributed by atoms with Crippen LogP contribution in [0.1, 0.15) is 219 Å². The van der Waals surface area contributed by atoms with Gasteiger partial charge in [-0.05, 0) is 12.8 Å². The van der Waals surface area contributed by atoms with Crippen LogP contribution in [0.3, 0.4) is 0 Å². The van der Waals surface area contributed by atoms with E-state index in [4.69, 9.17) is 0 Å². The molecule has 0 aliphatic carbocycles. The molecule has 0 spiro atoms. The molecule has 0 saturated carbocycles. The SMILES string of the molecule is CCCCCCCCCCCCCCCCCC(CCCCCCCCCCCCCCCCC)=[NH+][O-]. The number of rotatable bonds is 32. The summed E-state index contributed by atoms with van der Waals surface area (Å²) < 4.78 is 0. The molecule has 0 aromatic rings. The van der Waals surface area contributed by atoms with E-state index in [1.807, 2.05) is 0 Å². The molecule has 222 valence electrons. The van der Waals surface area contributed by atoms with Crippen molar-refractivity contribution in [3.05, 3.63) is 5.21 Å². The molecule has 37 heavy (non-hydrogen) atoms. The molecular formula is C35H71NO. The van der Waals surface area contributed by atoms with Crippen LogP contribution < -0.4 is 5.16 Å². The maximum absolute atomic E-state index is 11.3. The maximum atomic E-state index is 11.3. The first-order valence-electron chi connectivity index (χ1n) is 17.6. The van der Waals surface area contributed by atoms with Gasteiger partial charge < -0.3 is 5.21 Å². The normalized spacial score (nSPS) is 11.3. The summed E-state index contributed by atoms with van der Waals surface area (Å²) in [4.78, 5) is 0. The zero-order chi connectivity index (χ0) is 26.9.